The van der Waals surface area contributed by atoms with Crippen LogP contribution in [0.3, 0.4) is 0 Å². The maximum atomic E-state index is 12.1. The van der Waals surface area contributed by atoms with Crippen molar-refractivity contribution in [1.82, 2.24) is 4.90 Å². The number of benzene rings is 1. The molecule has 100 valence electrons. The molecule has 0 heterocycles. The van der Waals surface area contributed by atoms with E-state index >= 15 is 0 Å². The standard InChI is InChI=1S/C15H13N3O2/c16-7-9-18(10-8-17)15(20)14-6-3-5-13(12-14)4-1-2-11-19/h3,5-6,12,19H,2,9-11H2. The summed E-state index contributed by atoms with van der Waals surface area (Å²) in [4.78, 5) is 13.3. The number of nitriles is 2. The van der Waals surface area contributed by atoms with Crippen molar-refractivity contribution in [3.63, 3.8) is 0 Å². The average molecular weight is 267 g/mol. The molecular formula is C15H13N3O2. The highest BCUT2D eigenvalue weighted by Crippen LogP contribution is 2.08. The van der Waals surface area contributed by atoms with Crippen LogP contribution >= 0.6 is 0 Å². The average Bonchev–Trinajstić information content (AvgIpc) is 2.47. The molecule has 1 amide bonds. The summed E-state index contributed by atoms with van der Waals surface area (Å²) >= 11 is 0. The van der Waals surface area contributed by atoms with Gasteiger partial charge in [0.15, 0.2) is 0 Å². The number of amides is 1. The molecular weight excluding hydrogens is 254 g/mol. The predicted molar refractivity (Wildman–Crippen MR) is 72.2 cm³/mol. The van der Waals surface area contributed by atoms with Crippen molar-refractivity contribution in [2.75, 3.05) is 19.7 Å². The van der Waals surface area contributed by atoms with E-state index in [1.54, 1.807) is 24.3 Å². The minimum absolute atomic E-state index is 0.0102. The molecule has 1 aromatic rings. The first kappa shape index (κ1) is 15.2. The molecule has 20 heavy (non-hydrogen) atoms. The van der Waals surface area contributed by atoms with Crippen molar-refractivity contribution in [3.8, 4) is 24.0 Å². The van der Waals surface area contributed by atoms with Crippen LogP contribution in [-0.4, -0.2) is 35.6 Å². The van der Waals surface area contributed by atoms with Crippen LogP contribution in [0.5, 0.6) is 0 Å². The monoisotopic (exact) mass is 267 g/mol. The summed E-state index contributed by atoms with van der Waals surface area (Å²) in [5.41, 5.74) is 1.03. The topological polar surface area (TPSA) is 88.1 Å². The fraction of sp³-hybridized carbons (Fsp3) is 0.267. The Bertz CT molecular complexity index is 598. The molecule has 0 saturated carbocycles. The Morgan fingerprint density at radius 2 is 1.95 bits per heavy atom. The van der Waals surface area contributed by atoms with Crippen molar-refractivity contribution in [3.05, 3.63) is 35.4 Å². The van der Waals surface area contributed by atoms with Crippen molar-refractivity contribution in [1.29, 1.82) is 10.5 Å². The molecule has 5 heteroatoms. The zero-order valence-electron chi connectivity index (χ0n) is 10.8. The van der Waals surface area contributed by atoms with Gasteiger partial charge in [-0.15, -0.1) is 0 Å². The van der Waals surface area contributed by atoms with Crippen LogP contribution in [0, 0.1) is 34.5 Å². The van der Waals surface area contributed by atoms with E-state index in [-0.39, 0.29) is 25.6 Å². The van der Waals surface area contributed by atoms with Crippen molar-refractivity contribution < 1.29 is 9.90 Å². The van der Waals surface area contributed by atoms with Crippen LogP contribution in [0.1, 0.15) is 22.3 Å². The Kier molecular flexibility index (Phi) is 6.34. The predicted octanol–water partition coefficient (Wildman–Crippen LogP) is 0.910. The first-order valence-corrected chi connectivity index (χ1v) is 5.96. The minimum atomic E-state index is -0.376. The smallest absolute Gasteiger partial charge is 0.255 e. The highest BCUT2D eigenvalue weighted by Gasteiger charge is 2.15. The summed E-state index contributed by atoms with van der Waals surface area (Å²) in [6, 6.07) is 10.4. The van der Waals surface area contributed by atoms with Gasteiger partial charge in [0.1, 0.15) is 13.1 Å². The van der Waals surface area contributed by atoms with Gasteiger partial charge in [0.2, 0.25) is 0 Å². The molecule has 0 bridgehead atoms. The molecule has 0 aliphatic heterocycles. The number of rotatable bonds is 4. The van der Waals surface area contributed by atoms with Crippen molar-refractivity contribution >= 4 is 5.91 Å². The number of hydrogen-bond acceptors (Lipinski definition) is 4. The zero-order chi connectivity index (χ0) is 14.8. The SMILES string of the molecule is N#CCN(CC#N)C(=O)c1cccc(C#CCCO)c1. The molecule has 0 atom stereocenters. The second-order valence-corrected chi connectivity index (χ2v) is 3.83. The Hall–Kier alpha value is -2.81. The van der Waals surface area contributed by atoms with E-state index in [1.807, 2.05) is 12.1 Å². The van der Waals surface area contributed by atoms with Gasteiger partial charge in [-0.25, -0.2) is 0 Å². The molecule has 0 saturated heterocycles. The van der Waals surface area contributed by atoms with Crippen LogP contribution < -0.4 is 0 Å². The fourth-order valence-corrected chi connectivity index (χ4v) is 1.50. The van der Waals surface area contributed by atoms with E-state index in [9.17, 15) is 4.79 Å². The molecule has 0 spiro atoms. The first-order chi connectivity index (χ1) is 9.72. The minimum Gasteiger partial charge on any atom is -0.395 e. The molecule has 1 rings (SSSR count). The lowest BCUT2D eigenvalue weighted by atomic mass is 10.1. The van der Waals surface area contributed by atoms with E-state index in [0.29, 0.717) is 17.5 Å². The quantitative estimate of drug-likeness (QED) is 0.648. The molecule has 1 aromatic carbocycles. The highest BCUT2D eigenvalue weighted by atomic mass is 16.2. The van der Waals surface area contributed by atoms with E-state index in [2.05, 4.69) is 11.8 Å². The summed E-state index contributed by atoms with van der Waals surface area (Å²) in [6.45, 7) is -0.274. The first-order valence-electron chi connectivity index (χ1n) is 5.96. The van der Waals surface area contributed by atoms with Gasteiger partial charge in [0, 0.05) is 17.5 Å². The summed E-state index contributed by atoms with van der Waals surface area (Å²) in [7, 11) is 0. The molecule has 0 aliphatic carbocycles. The summed E-state index contributed by atoms with van der Waals surface area (Å²) < 4.78 is 0. The molecule has 0 radical (unpaired) electrons. The molecule has 5 nitrogen and oxygen atoms in total. The second-order valence-electron chi connectivity index (χ2n) is 3.83. The van der Waals surface area contributed by atoms with E-state index < -0.39 is 0 Å². The molecule has 1 N–H and O–H groups in total. The summed E-state index contributed by atoms with van der Waals surface area (Å²) in [5.74, 6) is 5.22. The lowest BCUT2D eigenvalue weighted by molar-refractivity contribution is 0.0794. The van der Waals surface area contributed by atoms with Gasteiger partial charge in [-0.1, -0.05) is 17.9 Å². The van der Waals surface area contributed by atoms with E-state index in [0.717, 1.165) is 0 Å². The van der Waals surface area contributed by atoms with Gasteiger partial charge >= 0.3 is 0 Å². The van der Waals surface area contributed by atoms with Crippen LogP contribution in [0.4, 0.5) is 0 Å². The summed E-state index contributed by atoms with van der Waals surface area (Å²) in [6.07, 6.45) is 0.368. The van der Waals surface area contributed by atoms with Gasteiger partial charge < -0.3 is 10.0 Å². The number of nitrogens with zero attached hydrogens (tertiary/aromatic N) is 3. The number of aliphatic hydroxyl groups is 1. The van der Waals surface area contributed by atoms with Crippen molar-refractivity contribution in [2.45, 2.75) is 6.42 Å². The van der Waals surface area contributed by atoms with Gasteiger partial charge in [0.05, 0.1) is 18.7 Å². The van der Waals surface area contributed by atoms with Gasteiger partial charge in [0.25, 0.3) is 5.91 Å². The zero-order valence-corrected chi connectivity index (χ0v) is 10.8. The Balaban J connectivity index is 2.94. The highest BCUT2D eigenvalue weighted by molar-refractivity contribution is 5.94. The van der Waals surface area contributed by atoms with Gasteiger partial charge in [-0.2, -0.15) is 10.5 Å². The maximum Gasteiger partial charge on any atom is 0.255 e. The normalized spacial score (nSPS) is 8.75. The molecule has 0 fully saturated rings. The lowest BCUT2D eigenvalue weighted by Crippen LogP contribution is -2.31. The molecule has 0 aliphatic rings. The molecule has 0 aromatic heterocycles. The third-order valence-electron chi connectivity index (χ3n) is 2.39. The van der Waals surface area contributed by atoms with Gasteiger partial charge in [-0.3, -0.25) is 4.79 Å². The Morgan fingerprint density at radius 1 is 1.25 bits per heavy atom. The summed E-state index contributed by atoms with van der Waals surface area (Å²) in [5, 5.41) is 26.0. The van der Waals surface area contributed by atoms with Gasteiger partial charge in [-0.05, 0) is 18.2 Å². The van der Waals surface area contributed by atoms with Crippen LogP contribution in [0.25, 0.3) is 0 Å². The number of carbonyl (C=O) groups is 1. The van der Waals surface area contributed by atoms with Crippen molar-refractivity contribution in [2.24, 2.45) is 0 Å². The number of hydrogen-bond donors (Lipinski definition) is 1. The largest absolute Gasteiger partial charge is 0.395 e. The maximum absolute atomic E-state index is 12.1. The van der Waals surface area contributed by atoms with E-state index in [4.69, 9.17) is 15.6 Å². The van der Waals surface area contributed by atoms with E-state index in [1.165, 1.54) is 4.90 Å². The van der Waals surface area contributed by atoms with Crippen LogP contribution in [0.15, 0.2) is 24.3 Å². The number of carbonyl (C=O) groups excluding carboxylic acids is 1. The Morgan fingerprint density at radius 3 is 2.55 bits per heavy atom. The lowest BCUT2D eigenvalue weighted by Gasteiger charge is -2.15. The third-order valence-corrected chi connectivity index (χ3v) is 2.39. The molecule has 0 unspecified atom stereocenters. The second kappa shape index (κ2) is 8.32. The fourth-order valence-electron chi connectivity index (χ4n) is 1.50. The number of aliphatic hydroxyl groups excluding tert-OH is 1. The third kappa shape index (κ3) is 4.46. The Labute approximate surface area is 117 Å². The van der Waals surface area contributed by atoms with Crippen LogP contribution in [0.2, 0.25) is 0 Å². The van der Waals surface area contributed by atoms with Crippen LogP contribution in [-0.2, 0) is 0 Å².